The van der Waals surface area contributed by atoms with Gasteiger partial charge in [-0.15, -0.1) is 0 Å². The molecule has 0 radical (unpaired) electrons. The van der Waals surface area contributed by atoms with Crippen LogP contribution >= 0.6 is 0 Å². The highest BCUT2D eigenvalue weighted by molar-refractivity contribution is 5.96. The van der Waals surface area contributed by atoms with Crippen LogP contribution in [0.25, 0.3) is 0 Å². The first kappa shape index (κ1) is 15.2. The van der Waals surface area contributed by atoms with Crippen LogP contribution in [-0.4, -0.2) is 5.78 Å². The number of carbonyl (C=O) groups is 1. The van der Waals surface area contributed by atoms with Crippen LogP contribution in [0.5, 0.6) is 0 Å². The number of aryl methyl sites for hydroxylation is 1. The van der Waals surface area contributed by atoms with Gasteiger partial charge in [0, 0.05) is 6.42 Å². The largest absolute Gasteiger partial charge is 0.416 e. The van der Waals surface area contributed by atoms with Crippen molar-refractivity contribution in [2.24, 2.45) is 0 Å². The molecule has 0 fully saturated rings. The molecule has 2 aromatic rings. The molecule has 0 saturated heterocycles. The lowest BCUT2D eigenvalue weighted by Crippen LogP contribution is -2.10. The number of alkyl halides is 3. The minimum atomic E-state index is -4.60. The zero-order valence-corrected chi connectivity index (χ0v) is 11.0. The van der Waals surface area contributed by atoms with Crippen LogP contribution in [0.2, 0.25) is 0 Å². The first-order valence-electron chi connectivity index (χ1n) is 6.32. The van der Waals surface area contributed by atoms with E-state index in [-0.39, 0.29) is 6.42 Å². The van der Waals surface area contributed by atoms with E-state index in [1.54, 1.807) is 24.3 Å². The van der Waals surface area contributed by atoms with Gasteiger partial charge in [0.15, 0.2) is 5.78 Å². The normalized spacial score (nSPS) is 11.4. The van der Waals surface area contributed by atoms with Crippen LogP contribution in [-0.2, 0) is 12.6 Å². The molecule has 2 rings (SSSR count). The van der Waals surface area contributed by atoms with Crippen LogP contribution in [0.4, 0.5) is 17.6 Å². The molecule has 1 nitrogen and oxygen atoms in total. The van der Waals surface area contributed by atoms with Gasteiger partial charge in [-0.1, -0.05) is 30.3 Å². The third-order valence-electron chi connectivity index (χ3n) is 3.08. The summed E-state index contributed by atoms with van der Waals surface area (Å²) >= 11 is 0. The van der Waals surface area contributed by atoms with Gasteiger partial charge in [-0.05, 0) is 30.2 Å². The maximum Gasteiger partial charge on any atom is 0.416 e. The van der Waals surface area contributed by atoms with Gasteiger partial charge in [-0.2, -0.15) is 13.2 Å². The van der Waals surface area contributed by atoms with Gasteiger partial charge in [-0.25, -0.2) is 4.39 Å². The molecule has 0 spiro atoms. The van der Waals surface area contributed by atoms with Crippen molar-refractivity contribution >= 4 is 5.78 Å². The Labute approximate surface area is 119 Å². The summed E-state index contributed by atoms with van der Waals surface area (Å²) in [6.07, 6.45) is -4.28. The second-order valence-electron chi connectivity index (χ2n) is 4.60. The highest BCUT2D eigenvalue weighted by atomic mass is 19.4. The smallest absolute Gasteiger partial charge is 0.294 e. The maximum atomic E-state index is 13.5. The fraction of sp³-hybridized carbons (Fsp3) is 0.188. The third-order valence-corrected chi connectivity index (χ3v) is 3.08. The third kappa shape index (κ3) is 3.90. The summed E-state index contributed by atoms with van der Waals surface area (Å²) in [6.45, 7) is 0. The second kappa shape index (κ2) is 6.08. The number of hydrogen-bond acceptors (Lipinski definition) is 1. The maximum absolute atomic E-state index is 13.5. The summed E-state index contributed by atoms with van der Waals surface area (Å²) in [6, 6.07) is 10.9. The molecular formula is C16H12F4O. The molecule has 5 heteroatoms. The lowest BCUT2D eigenvalue weighted by atomic mass is 10.0. The standard InChI is InChI=1S/C16H12F4O/c17-14-8-7-12(16(18,19)20)10-13(14)15(21)9-6-11-4-2-1-3-5-11/h1-5,7-8,10H,6,9H2. The second-order valence-corrected chi connectivity index (χ2v) is 4.60. The SMILES string of the molecule is O=C(CCc1ccccc1)c1cc(C(F)(F)F)ccc1F. The van der Waals surface area contributed by atoms with Crippen LogP contribution in [0, 0.1) is 5.82 Å². The molecule has 0 heterocycles. The lowest BCUT2D eigenvalue weighted by molar-refractivity contribution is -0.137. The van der Waals surface area contributed by atoms with Gasteiger partial charge in [0.1, 0.15) is 5.82 Å². The Morgan fingerprint density at radius 3 is 2.29 bits per heavy atom. The van der Waals surface area contributed by atoms with Crippen molar-refractivity contribution in [3.8, 4) is 0 Å². The quantitative estimate of drug-likeness (QED) is 0.592. The van der Waals surface area contributed by atoms with E-state index in [0.29, 0.717) is 24.6 Å². The van der Waals surface area contributed by atoms with Gasteiger partial charge < -0.3 is 0 Å². The van der Waals surface area contributed by atoms with Crippen molar-refractivity contribution in [1.82, 2.24) is 0 Å². The highest BCUT2D eigenvalue weighted by Gasteiger charge is 2.31. The predicted molar refractivity (Wildman–Crippen MR) is 70.5 cm³/mol. The van der Waals surface area contributed by atoms with Crippen LogP contribution in [0.3, 0.4) is 0 Å². The van der Waals surface area contributed by atoms with E-state index in [9.17, 15) is 22.4 Å². The Balaban J connectivity index is 2.15. The molecule has 2 aromatic carbocycles. The average molecular weight is 296 g/mol. The molecule has 21 heavy (non-hydrogen) atoms. The lowest BCUT2D eigenvalue weighted by Gasteiger charge is -2.09. The highest BCUT2D eigenvalue weighted by Crippen LogP contribution is 2.30. The first-order chi connectivity index (χ1) is 9.88. The van der Waals surface area contributed by atoms with Gasteiger partial charge in [0.05, 0.1) is 11.1 Å². The number of halogens is 4. The van der Waals surface area contributed by atoms with E-state index in [0.717, 1.165) is 5.56 Å². The van der Waals surface area contributed by atoms with Crippen molar-refractivity contribution in [3.63, 3.8) is 0 Å². The van der Waals surface area contributed by atoms with E-state index in [1.165, 1.54) is 0 Å². The van der Waals surface area contributed by atoms with Crippen molar-refractivity contribution in [2.75, 3.05) is 0 Å². The minimum absolute atomic E-state index is 0.0394. The predicted octanol–water partition coefficient (Wildman–Crippen LogP) is 4.66. The van der Waals surface area contributed by atoms with Crippen molar-refractivity contribution in [1.29, 1.82) is 0 Å². The van der Waals surface area contributed by atoms with Gasteiger partial charge in [0.2, 0.25) is 0 Å². The molecule has 0 aliphatic carbocycles. The molecule has 0 saturated carbocycles. The summed E-state index contributed by atoms with van der Waals surface area (Å²) in [5.74, 6) is -1.57. The Bertz CT molecular complexity index is 632. The molecule has 0 N–H and O–H groups in total. The van der Waals surface area contributed by atoms with Crippen molar-refractivity contribution < 1.29 is 22.4 Å². The number of ketones is 1. The molecule has 0 unspecified atom stereocenters. The first-order valence-corrected chi connectivity index (χ1v) is 6.32. The monoisotopic (exact) mass is 296 g/mol. The number of rotatable bonds is 4. The fourth-order valence-electron chi connectivity index (χ4n) is 1.95. The summed E-state index contributed by atoms with van der Waals surface area (Å²) in [5, 5.41) is 0. The summed E-state index contributed by atoms with van der Waals surface area (Å²) in [5.41, 5.74) is -0.661. The molecule has 0 atom stereocenters. The molecule has 0 amide bonds. The van der Waals surface area contributed by atoms with E-state index < -0.39 is 28.9 Å². The Kier molecular flexibility index (Phi) is 4.40. The number of Topliss-reactive ketones (excluding diaryl/α,β-unsaturated/α-hetero) is 1. The zero-order valence-electron chi connectivity index (χ0n) is 11.0. The number of hydrogen-bond donors (Lipinski definition) is 0. The number of carbonyl (C=O) groups excluding carboxylic acids is 1. The minimum Gasteiger partial charge on any atom is -0.294 e. The van der Waals surface area contributed by atoms with E-state index >= 15 is 0 Å². The topological polar surface area (TPSA) is 17.1 Å². The zero-order chi connectivity index (χ0) is 15.5. The van der Waals surface area contributed by atoms with Crippen LogP contribution in [0.15, 0.2) is 48.5 Å². The van der Waals surface area contributed by atoms with Crippen LogP contribution in [0.1, 0.15) is 27.9 Å². The van der Waals surface area contributed by atoms with E-state index in [4.69, 9.17) is 0 Å². The summed E-state index contributed by atoms with van der Waals surface area (Å²) < 4.78 is 51.3. The molecule has 0 bridgehead atoms. The molecular weight excluding hydrogens is 284 g/mol. The van der Waals surface area contributed by atoms with Crippen molar-refractivity contribution in [3.05, 3.63) is 71.0 Å². The molecule has 110 valence electrons. The van der Waals surface area contributed by atoms with E-state index in [1.807, 2.05) is 6.07 Å². The molecule has 0 aliphatic rings. The van der Waals surface area contributed by atoms with Gasteiger partial charge in [0.25, 0.3) is 0 Å². The van der Waals surface area contributed by atoms with Crippen molar-refractivity contribution in [2.45, 2.75) is 19.0 Å². The summed E-state index contributed by atoms with van der Waals surface area (Å²) in [4.78, 5) is 11.9. The average Bonchev–Trinajstić information content (AvgIpc) is 2.45. The molecule has 0 aromatic heterocycles. The number of benzene rings is 2. The van der Waals surface area contributed by atoms with Gasteiger partial charge in [-0.3, -0.25) is 4.79 Å². The van der Waals surface area contributed by atoms with E-state index in [2.05, 4.69) is 0 Å². The fourth-order valence-corrected chi connectivity index (χ4v) is 1.95. The molecule has 0 aliphatic heterocycles. The van der Waals surface area contributed by atoms with Gasteiger partial charge >= 0.3 is 6.18 Å². The Morgan fingerprint density at radius 2 is 1.67 bits per heavy atom. The van der Waals surface area contributed by atoms with Crippen LogP contribution < -0.4 is 0 Å². The Hall–Kier alpha value is -2.17. The Morgan fingerprint density at radius 1 is 1.00 bits per heavy atom. The summed E-state index contributed by atoms with van der Waals surface area (Å²) in [7, 11) is 0.